The van der Waals surface area contributed by atoms with E-state index in [-0.39, 0.29) is 5.91 Å². The summed E-state index contributed by atoms with van der Waals surface area (Å²) in [7, 11) is 0. The maximum Gasteiger partial charge on any atom is 0.227 e. The Labute approximate surface area is 145 Å². The number of amides is 1. The molecule has 3 rings (SSSR count). The van der Waals surface area contributed by atoms with Gasteiger partial charge >= 0.3 is 0 Å². The molecule has 1 aliphatic rings. The molecule has 1 amide bonds. The summed E-state index contributed by atoms with van der Waals surface area (Å²) in [6, 6.07) is 12.1. The Morgan fingerprint density at radius 3 is 2.26 bits per heavy atom. The van der Waals surface area contributed by atoms with Gasteiger partial charge in [-0.25, -0.2) is 0 Å². The van der Waals surface area contributed by atoms with E-state index in [1.165, 1.54) is 5.56 Å². The summed E-state index contributed by atoms with van der Waals surface area (Å²) in [6.07, 6.45) is 4.14. The highest BCUT2D eigenvalue weighted by Crippen LogP contribution is 2.13. The predicted molar refractivity (Wildman–Crippen MR) is 93.9 cm³/mol. The molecule has 1 aliphatic heterocycles. The first-order chi connectivity index (χ1) is 11.2. The molecule has 1 fully saturated rings. The molecule has 0 saturated carbocycles. The zero-order valence-corrected chi connectivity index (χ0v) is 14.6. The third-order valence-corrected chi connectivity index (χ3v) is 4.68. The molecule has 0 aliphatic carbocycles. The van der Waals surface area contributed by atoms with Crippen molar-refractivity contribution in [1.82, 2.24) is 14.8 Å². The Morgan fingerprint density at radius 1 is 0.957 bits per heavy atom. The van der Waals surface area contributed by atoms with Gasteiger partial charge in [-0.2, -0.15) is 0 Å². The van der Waals surface area contributed by atoms with Gasteiger partial charge in [-0.05, 0) is 35.4 Å². The van der Waals surface area contributed by atoms with Crippen LogP contribution in [0.5, 0.6) is 0 Å². The minimum Gasteiger partial charge on any atom is -0.340 e. The lowest BCUT2D eigenvalue weighted by molar-refractivity contribution is -0.132. The van der Waals surface area contributed by atoms with E-state index in [0.717, 1.165) is 42.8 Å². The van der Waals surface area contributed by atoms with Gasteiger partial charge in [0.05, 0.1) is 6.42 Å². The van der Waals surface area contributed by atoms with Crippen molar-refractivity contribution in [3.05, 3.63) is 64.4 Å². The third kappa shape index (κ3) is 4.62. The fourth-order valence-corrected chi connectivity index (χ4v) is 3.05. The maximum absolute atomic E-state index is 12.4. The first kappa shape index (κ1) is 16.1. The zero-order valence-electron chi connectivity index (χ0n) is 13.0. The van der Waals surface area contributed by atoms with Gasteiger partial charge in [-0.1, -0.05) is 28.1 Å². The van der Waals surface area contributed by atoms with E-state index in [9.17, 15) is 4.79 Å². The topological polar surface area (TPSA) is 36.4 Å². The van der Waals surface area contributed by atoms with E-state index in [0.29, 0.717) is 6.42 Å². The van der Waals surface area contributed by atoms with Gasteiger partial charge in [-0.15, -0.1) is 0 Å². The molecule has 23 heavy (non-hydrogen) atoms. The first-order valence-electron chi connectivity index (χ1n) is 7.84. The number of nitrogens with zero attached hydrogens (tertiary/aromatic N) is 3. The summed E-state index contributed by atoms with van der Waals surface area (Å²) < 4.78 is 1.04. The summed E-state index contributed by atoms with van der Waals surface area (Å²) >= 11 is 3.42. The van der Waals surface area contributed by atoms with Crippen LogP contribution in [-0.4, -0.2) is 46.9 Å². The van der Waals surface area contributed by atoms with Crippen LogP contribution >= 0.6 is 15.9 Å². The molecule has 4 nitrogen and oxygen atoms in total. The second kappa shape index (κ2) is 7.70. The van der Waals surface area contributed by atoms with Crippen molar-refractivity contribution in [2.75, 3.05) is 26.2 Å². The summed E-state index contributed by atoms with van der Waals surface area (Å²) in [5, 5.41) is 0. The van der Waals surface area contributed by atoms with E-state index in [1.807, 2.05) is 53.7 Å². The predicted octanol–water partition coefficient (Wildman–Crippen LogP) is 2.73. The lowest BCUT2D eigenvalue weighted by Crippen LogP contribution is -2.48. The second-order valence-corrected chi connectivity index (χ2v) is 6.73. The van der Waals surface area contributed by atoms with Crippen molar-refractivity contribution in [3.8, 4) is 0 Å². The first-order valence-corrected chi connectivity index (χ1v) is 8.63. The number of benzene rings is 1. The van der Waals surface area contributed by atoms with E-state index < -0.39 is 0 Å². The van der Waals surface area contributed by atoms with Crippen LogP contribution in [0.3, 0.4) is 0 Å². The SMILES string of the molecule is O=C(Cc1ccc(Br)cc1)N1CCN(Cc2ccncc2)CC1. The highest BCUT2D eigenvalue weighted by Gasteiger charge is 2.21. The number of piperazine rings is 1. The highest BCUT2D eigenvalue weighted by atomic mass is 79.9. The normalized spacial score (nSPS) is 15.6. The Bertz CT molecular complexity index is 637. The van der Waals surface area contributed by atoms with Gasteiger partial charge in [0.1, 0.15) is 0 Å². The van der Waals surface area contributed by atoms with Crippen molar-refractivity contribution < 1.29 is 4.79 Å². The molecular weight excluding hydrogens is 354 g/mol. The quantitative estimate of drug-likeness (QED) is 0.826. The molecular formula is C18H20BrN3O. The fourth-order valence-electron chi connectivity index (χ4n) is 2.79. The van der Waals surface area contributed by atoms with Crippen LogP contribution in [-0.2, 0) is 17.8 Å². The average molecular weight is 374 g/mol. The molecule has 120 valence electrons. The molecule has 2 aromatic rings. The van der Waals surface area contributed by atoms with E-state index in [1.54, 1.807) is 0 Å². The lowest BCUT2D eigenvalue weighted by Gasteiger charge is -2.34. The number of carbonyl (C=O) groups excluding carboxylic acids is 1. The van der Waals surface area contributed by atoms with Crippen LogP contribution in [0.25, 0.3) is 0 Å². The Balaban J connectivity index is 1.48. The summed E-state index contributed by atoms with van der Waals surface area (Å²) in [6.45, 7) is 4.39. The molecule has 0 radical (unpaired) electrons. The molecule has 0 atom stereocenters. The number of hydrogen-bond donors (Lipinski definition) is 0. The highest BCUT2D eigenvalue weighted by molar-refractivity contribution is 9.10. The van der Waals surface area contributed by atoms with E-state index in [2.05, 4.69) is 25.8 Å². The number of rotatable bonds is 4. The fraction of sp³-hybridized carbons (Fsp3) is 0.333. The van der Waals surface area contributed by atoms with Crippen LogP contribution in [0.4, 0.5) is 0 Å². The van der Waals surface area contributed by atoms with Gasteiger partial charge in [0.25, 0.3) is 0 Å². The van der Waals surface area contributed by atoms with Gasteiger partial charge in [0.15, 0.2) is 0 Å². The molecule has 0 bridgehead atoms. The van der Waals surface area contributed by atoms with Crippen LogP contribution in [0, 0.1) is 0 Å². The molecule has 0 spiro atoms. The van der Waals surface area contributed by atoms with Gasteiger partial charge in [0, 0.05) is 49.6 Å². The van der Waals surface area contributed by atoms with E-state index >= 15 is 0 Å². The Morgan fingerprint density at radius 2 is 1.61 bits per heavy atom. The minimum atomic E-state index is 0.218. The molecule has 2 heterocycles. The van der Waals surface area contributed by atoms with Crippen molar-refractivity contribution in [2.24, 2.45) is 0 Å². The Hall–Kier alpha value is -1.72. The molecule has 1 aromatic heterocycles. The number of hydrogen-bond acceptors (Lipinski definition) is 3. The Kier molecular flexibility index (Phi) is 5.41. The molecule has 0 unspecified atom stereocenters. The van der Waals surface area contributed by atoms with Crippen LogP contribution in [0.1, 0.15) is 11.1 Å². The lowest BCUT2D eigenvalue weighted by atomic mass is 10.1. The number of pyridine rings is 1. The standard InChI is InChI=1S/C18H20BrN3O/c19-17-3-1-15(2-4-17)13-18(23)22-11-9-21(10-12-22)14-16-5-7-20-8-6-16/h1-8H,9-14H2. The number of carbonyl (C=O) groups is 1. The monoisotopic (exact) mass is 373 g/mol. The van der Waals surface area contributed by atoms with Crippen LogP contribution < -0.4 is 0 Å². The van der Waals surface area contributed by atoms with Crippen molar-refractivity contribution in [1.29, 1.82) is 0 Å². The minimum absolute atomic E-state index is 0.218. The van der Waals surface area contributed by atoms with Gasteiger partial charge < -0.3 is 4.90 Å². The van der Waals surface area contributed by atoms with Crippen molar-refractivity contribution in [3.63, 3.8) is 0 Å². The average Bonchev–Trinajstić information content (AvgIpc) is 2.58. The molecule has 1 saturated heterocycles. The van der Waals surface area contributed by atoms with Crippen LogP contribution in [0.2, 0.25) is 0 Å². The third-order valence-electron chi connectivity index (χ3n) is 4.15. The zero-order chi connectivity index (χ0) is 16.1. The van der Waals surface area contributed by atoms with Crippen molar-refractivity contribution >= 4 is 21.8 Å². The van der Waals surface area contributed by atoms with Gasteiger partial charge in [-0.3, -0.25) is 14.7 Å². The number of aromatic nitrogens is 1. The molecule has 5 heteroatoms. The smallest absolute Gasteiger partial charge is 0.227 e. The summed E-state index contributed by atoms with van der Waals surface area (Å²) in [5.74, 6) is 0.218. The summed E-state index contributed by atoms with van der Waals surface area (Å²) in [5.41, 5.74) is 2.34. The maximum atomic E-state index is 12.4. The molecule has 1 aromatic carbocycles. The van der Waals surface area contributed by atoms with Crippen molar-refractivity contribution in [2.45, 2.75) is 13.0 Å². The second-order valence-electron chi connectivity index (χ2n) is 5.82. The largest absolute Gasteiger partial charge is 0.340 e. The van der Waals surface area contributed by atoms with Crippen LogP contribution in [0.15, 0.2) is 53.3 Å². The van der Waals surface area contributed by atoms with Gasteiger partial charge in [0.2, 0.25) is 5.91 Å². The number of halogens is 1. The summed E-state index contributed by atoms with van der Waals surface area (Å²) in [4.78, 5) is 20.8. The molecule has 0 N–H and O–H groups in total. The van der Waals surface area contributed by atoms with E-state index in [4.69, 9.17) is 0 Å².